The molecule has 14 heteroatoms. The number of carbonyl (C=O) groups is 5. The van der Waals surface area contributed by atoms with Crippen molar-refractivity contribution in [3.8, 4) is 0 Å². The summed E-state index contributed by atoms with van der Waals surface area (Å²) in [5.74, 6) is -3.00. The zero-order chi connectivity index (χ0) is 31.3. The number of nitrogens with two attached hydrogens (primary N) is 3. The summed E-state index contributed by atoms with van der Waals surface area (Å²) in [5, 5.41) is 10.3. The van der Waals surface area contributed by atoms with Gasteiger partial charge in [-0.1, -0.05) is 36.4 Å². The molecule has 3 atom stereocenters. The maximum absolute atomic E-state index is 13.3. The zero-order valence-electron chi connectivity index (χ0n) is 24.1. The number of benzene rings is 1. The van der Waals surface area contributed by atoms with E-state index in [4.69, 9.17) is 21.9 Å². The Labute approximate surface area is 246 Å². The van der Waals surface area contributed by atoms with Crippen molar-refractivity contribution in [1.82, 2.24) is 21.3 Å². The normalized spacial score (nSPS) is 12.5. The van der Waals surface area contributed by atoms with Gasteiger partial charge in [-0.2, -0.15) is 0 Å². The first-order valence-corrected chi connectivity index (χ1v) is 13.8. The van der Waals surface area contributed by atoms with Crippen LogP contribution in [0.1, 0.15) is 51.0 Å². The average molecular weight is 589 g/mol. The first-order valence-electron chi connectivity index (χ1n) is 13.8. The summed E-state index contributed by atoms with van der Waals surface area (Å²) in [6.07, 6.45) is 3.42. The second-order valence-corrected chi connectivity index (χ2v) is 9.50. The summed E-state index contributed by atoms with van der Waals surface area (Å²) in [4.78, 5) is 66.8. The van der Waals surface area contributed by atoms with E-state index in [1.807, 2.05) is 18.2 Å². The van der Waals surface area contributed by atoms with Crippen LogP contribution in [-0.4, -0.2) is 73.3 Å². The quantitative estimate of drug-likeness (QED) is 0.0327. The second kappa shape index (κ2) is 20.4. The maximum atomic E-state index is 13.3. The Bertz CT molecular complexity index is 1060. The number of nitrogens with zero attached hydrogens (tertiary/aromatic N) is 1. The number of guanidine groups is 1. The lowest BCUT2D eigenvalue weighted by atomic mass is 10.1. The number of esters is 1. The Morgan fingerprint density at radius 1 is 0.929 bits per heavy atom. The minimum atomic E-state index is -1.09. The topological polar surface area (TPSA) is 233 Å². The molecule has 0 aromatic heterocycles. The molecular formula is C28H44N8O6. The summed E-state index contributed by atoms with van der Waals surface area (Å²) in [7, 11) is 0. The molecule has 14 nitrogen and oxygen atoms in total. The van der Waals surface area contributed by atoms with Crippen LogP contribution in [0.3, 0.4) is 0 Å². The van der Waals surface area contributed by atoms with Crippen molar-refractivity contribution in [2.45, 2.75) is 70.2 Å². The number of hydrogen-bond donors (Lipinski definition) is 7. The number of rotatable bonds is 20. The standard InChI is InChI=1S/C28H44N8O6/c1-3-10-23(27(41)42-18-20-11-5-4-6-12-20)36-26(40)22(14-9-16-32-28(30)31)35-25(39)21(13-7-8-15-29)34-24(38)17-33-19(2)37/h3-6,11-12,21-23H,1,7-10,13-18,29H2,2H3,(H,33,37)(H,34,38)(H,35,39)(H,36,40)(H4,30,31,32)/t21-,22-,23+/m1/s1. The lowest BCUT2D eigenvalue weighted by molar-refractivity contribution is -0.149. The molecule has 0 bridgehead atoms. The third-order valence-electron chi connectivity index (χ3n) is 5.90. The van der Waals surface area contributed by atoms with E-state index in [-0.39, 0.29) is 44.9 Å². The molecule has 0 saturated heterocycles. The number of amides is 4. The van der Waals surface area contributed by atoms with Crippen LogP contribution in [0.5, 0.6) is 0 Å². The predicted molar refractivity (Wildman–Crippen MR) is 158 cm³/mol. The number of hydrogen-bond acceptors (Lipinski definition) is 8. The largest absolute Gasteiger partial charge is 0.459 e. The smallest absolute Gasteiger partial charge is 0.329 e. The van der Waals surface area contributed by atoms with Crippen LogP contribution in [0, 0.1) is 0 Å². The fourth-order valence-electron chi connectivity index (χ4n) is 3.74. The Kier molecular flexibility index (Phi) is 17.3. The van der Waals surface area contributed by atoms with Crippen LogP contribution in [0.25, 0.3) is 0 Å². The van der Waals surface area contributed by atoms with E-state index in [1.165, 1.54) is 13.0 Å². The molecule has 0 unspecified atom stereocenters. The Hall–Kier alpha value is -4.46. The van der Waals surface area contributed by atoms with Crippen molar-refractivity contribution in [2.24, 2.45) is 22.2 Å². The molecule has 4 amide bonds. The number of nitrogens with one attached hydrogen (secondary N) is 4. The number of ether oxygens (including phenoxy) is 1. The summed E-state index contributed by atoms with van der Waals surface area (Å²) in [6, 6.07) is 5.93. The fraction of sp³-hybridized carbons (Fsp3) is 0.500. The first-order chi connectivity index (χ1) is 20.1. The molecule has 0 fully saturated rings. The molecule has 0 aliphatic rings. The predicted octanol–water partition coefficient (Wildman–Crippen LogP) is -0.921. The fourth-order valence-corrected chi connectivity index (χ4v) is 3.74. The number of unbranched alkanes of at least 4 members (excludes halogenated alkanes) is 1. The minimum absolute atomic E-state index is 0.0184. The summed E-state index contributed by atoms with van der Waals surface area (Å²) in [5.41, 5.74) is 17.1. The van der Waals surface area contributed by atoms with Crippen molar-refractivity contribution in [3.63, 3.8) is 0 Å². The van der Waals surface area contributed by atoms with E-state index in [0.29, 0.717) is 25.8 Å². The first kappa shape index (κ1) is 35.6. The summed E-state index contributed by atoms with van der Waals surface area (Å²) in [6.45, 7) is 5.22. The van der Waals surface area contributed by atoms with E-state index in [0.717, 1.165) is 5.56 Å². The van der Waals surface area contributed by atoms with Crippen molar-refractivity contribution in [3.05, 3.63) is 48.6 Å². The molecule has 42 heavy (non-hydrogen) atoms. The Morgan fingerprint density at radius 2 is 1.55 bits per heavy atom. The molecule has 1 aromatic carbocycles. The van der Waals surface area contributed by atoms with Gasteiger partial charge in [-0.05, 0) is 50.6 Å². The Morgan fingerprint density at radius 3 is 2.14 bits per heavy atom. The highest BCUT2D eigenvalue weighted by Crippen LogP contribution is 2.08. The van der Waals surface area contributed by atoms with Gasteiger partial charge in [-0.25, -0.2) is 4.79 Å². The van der Waals surface area contributed by atoms with Gasteiger partial charge in [0.2, 0.25) is 23.6 Å². The molecule has 10 N–H and O–H groups in total. The molecule has 0 saturated carbocycles. The van der Waals surface area contributed by atoms with Crippen molar-refractivity contribution in [1.29, 1.82) is 0 Å². The van der Waals surface area contributed by atoms with E-state index in [1.54, 1.807) is 12.1 Å². The van der Waals surface area contributed by atoms with Crippen LogP contribution in [0.2, 0.25) is 0 Å². The summed E-state index contributed by atoms with van der Waals surface area (Å²) < 4.78 is 5.38. The van der Waals surface area contributed by atoms with Crippen LogP contribution in [0.4, 0.5) is 0 Å². The average Bonchev–Trinajstić information content (AvgIpc) is 2.95. The van der Waals surface area contributed by atoms with Gasteiger partial charge in [0, 0.05) is 13.5 Å². The minimum Gasteiger partial charge on any atom is -0.459 e. The highest BCUT2D eigenvalue weighted by atomic mass is 16.5. The molecular weight excluding hydrogens is 544 g/mol. The van der Waals surface area contributed by atoms with Gasteiger partial charge >= 0.3 is 5.97 Å². The van der Waals surface area contributed by atoms with E-state index >= 15 is 0 Å². The van der Waals surface area contributed by atoms with Gasteiger partial charge in [-0.15, -0.1) is 6.58 Å². The zero-order valence-corrected chi connectivity index (χ0v) is 24.1. The van der Waals surface area contributed by atoms with E-state index in [9.17, 15) is 24.0 Å². The lowest BCUT2D eigenvalue weighted by Crippen LogP contribution is -2.56. The van der Waals surface area contributed by atoms with E-state index in [2.05, 4.69) is 32.8 Å². The van der Waals surface area contributed by atoms with Crippen molar-refractivity contribution in [2.75, 3.05) is 19.6 Å². The lowest BCUT2D eigenvalue weighted by Gasteiger charge is -2.25. The summed E-state index contributed by atoms with van der Waals surface area (Å²) >= 11 is 0. The van der Waals surface area contributed by atoms with Crippen LogP contribution in [0.15, 0.2) is 48.0 Å². The molecule has 0 spiro atoms. The van der Waals surface area contributed by atoms with Gasteiger partial charge in [-0.3, -0.25) is 24.2 Å². The van der Waals surface area contributed by atoms with Crippen LogP contribution < -0.4 is 38.5 Å². The molecule has 1 rings (SSSR count). The molecule has 0 heterocycles. The molecule has 232 valence electrons. The van der Waals surface area contributed by atoms with Crippen LogP contribution >= 0.6 is 0 Å². The van der Waals surface area contributed by atoms with Crippen LogP contribution in [-0.2, 0) is 35.3 Å². The van der Waals surface area contributed by atoms with Gasteiger partial charge in [0.15, 0.2) is 5.96 Å². The van der Waals surface area contributed by atoms with Crippen molar-refractivity contribution < 1.29 is 28.7 Å². The highest BCUT2D eigenvalue weighted by Gasteiger charge is 2.29. The molecule has 0 aliphatic heterocycles. The highest BCUT2D eigenvalue weighted by molar-refractivity contribution is 5.94. The molecule has 0 radical (unpaired) electrons. The van der Waals surface area contributed by atoms with Gasteiger partial charge in [0.05, 0.1) is 6.54 Å². The number of carbonyl (C=O) groups excluding carboxylic acids is 5. The van der Waals surface area contributed by atoms with Gasteiger partial charge < -0.3 is 43.2 Å². The monoisotopic (exact) mass is 588 g/mol. The maximum Gasteiger partial charge on any atom is 0.329 e. The third kappa shape index (κ3) is 15.4. The number of aliphatic imine (C=N–C) groups is 1. The van der Waals surface area contributed by atoms with Gasteiger partial charge in [0.1, 0.15) is 24.7 Å². The molecule has 1 aromatic rings. The third-order valence-corrected chi connectivity index (χ3v) is 5.90. The van der Waals surface area contributed by atoms with Crippen molar-refractivity contribution >= 4 is 35.6 Å². The molecule has 0 aliphatic carbocycles. The van der Waals surface area contributed by atoms with Gasteiger partial charge in [0.25, 0.3) is 0 Å². The Balaban J connectivity index is 3.02. The SMILES string of the molecule is C=CC[C@H](NC(=O)[C@@H](CCCN=C(N)N)NC(=O)[C@@H](CCCCN)NC(=O)CNC(C)=O)C(=O)OCc1ccccc1. The van der Waals surface area contributed by atoms with E-state index < -0.39 is 47.7 Å². The second-order valence-electron chi connectivity index (χ2n) is 9.50.